The Hall–Kier alpha value is -1.71. The van der Waals surface area contributed by atoms with Crippen LogP contribution in [0.5, 0.6) is 0 Å². The van der Waals surface area contributed by atoms with E-state index >= 15 is 0 Å². The summed E-state index contributed by atoms with van der Waals surface area (Å²) < 4.78 is 0. The number of hydrogen-bond acceptors (Lipinski definition) is 2. The van der Waals surface area contributed by atoms with Gasteiger partial charge in [-0.15, -0.1) is 0 Å². The summed E-state index contributed by atoms with van der Waals surface area (Å²) in [5.74, 6) is 2.50. The summed E-state index contributed by atoms with van der Waals surface area (Å²) in [5, 5.41) is 3.91. The summed E-state index contributed by atoms with van der Waals surface area (Å²) >= 11 is 0. The van der Waals surface area contributed by atoms with Crippen molar-refractivity contribution >= 4 is 12.6 Å². The van der Waals surface area contributed by atoms with Crippen molar-refractivity contribution in [2.45, 2.75) is 138 Å². The van der Waals surface area contributed by atoms with E-state index in [4.69, 9.17) is 0 Å². The number of fused-ring (bicyclic) bond motifs is 2. The van der Waals surface area contributed by atoms with Crippen LogP contribution in [0.1, 0.15) is 113 Å². The SMILES string of the molecule is C=C(CCC1CCCCN1C(=O)CC(C)(C)C)NC(C/C=C/C=C\C=C/C)B(C)C[C@]1(C)CCC2CC1C2(C)C. The van der Waals surface area contributed by atoms with Gasteiger partial charge < -0.3 is 10.2 Å². The fraction of sp³-hybridized carbons (Fsp3) is 0.750. The van der Waals surface area contributed by atoms with Crippen LogP contribution in [-0.2, 0) is 4.79 Å². The van der Waals surface area contributed by atoms with Gasteiger partial charge in [0.15, 0.2) is 6.71 Å². The summed E-state index contributed by atoms with van der Waals surface area (Å²) in [6, 6.07) is 0.352. The Balaban J connectivity index is 1.62. The number of piperidine rings is 1. The molecule has 1 heterocycles. The van der Waals surface area contributed by atoms with Crippen molar-refractivity contribution in [1.29, 1.82) is 0 Å². The summed E-state index contributed by atoms with van der Waals surface area (Å²) in [6.45, 7) is 24.6. The standard InChI is InChI=1S/C36H61BN2O/c1-10-11-12-13-14-15-19-32(37(9)27-36(8)23-22-29-25-31(36)35(29,6)7)38-28(2)20-21-30-18-16-17-24-39(30)33(40)26-34(3,4)5/h10-15,29-32,38H,2,16-27H2,1,3-9H3/b11-10-,13-12-,15-14+/t29?,30?,31?,32?,36-/m0/s1. The average molecular weight is 549 g/mol. The molecule has 1 aliphatic heterocycles. The Morgan fingerprint density at radius 2 is 1.85 bits per heavy atom. The van der Waals surface area contributed by atoms with E-state index in [0.29, 0.717) is 41.9 Å². The molecule has 2 bridgehead atoms. The molecule has 3 aliphatic carbocycles. The third kappa shape index (κ3) is 8.65. The van der Waals surface area contributed by atoms with Gasteiger partial charge in [-0.05, 0) is 92.8 Å². The zero-order chi connectivity index (χ0) is 29.6. The lowest BCUT2D eigenvalue weighted by molar-refractivity contribution is -0.142. The molecule has 4 fully saturated rings. The van der Waals surface area contributed by atoms with Crippen LogP contribution in [-0.4, -0.2) is 36.0 Å². The first kappa shape index (κ1) is 32.8. The second kappa shape index (κ2) is 14.0. The minimum atomic E-state index is 0.0354. The molecule has 0 radical (unpaired) electrons. The molecule has 4 heteroatoms. The lowest BCUT2D eigenvalue weighted by Gasteiger charge is -2.65. The minimum Gasteiger partial charge on any atom is -0.393 e. The van der Waals surface area contributed by atoms with E-state index in [9.17, 15) is 4.79 Å². The van der Waals surface area contributed by atoms with Crippen LogP contribution < -0.4 is 5.32 Å². The molecule has 40 heavy (non-hydrogen) atoms. The molecule has 1 N–H and O–H groups in total. The molecular formula is C36H61BN2O. The van der Waals surface area contributed by atoms with Gasteiger partial charge in [0, 0.05) is 30.6 Å². The summed E-state index contributed by atoms with van der Waals surface area (Å²) in [5.41, 5.74) is 2.12. The predicted octanol–water partition coefficient (Wildman–Crippen LogP) is 9.26. The predicted molar refractivity (Wildman–Crippen MR) is 176 cm³/mol. The smallest absolute Gasteiger partial charge is 0.223 e. The monoisotopic (exact) mass is 548 g/mol. The largest absolute Gasteiger partial charge is 0.393 e. The number of likely N-dealkylation sites (tertiary alicyclic amines) is 1. The molecule has 4 aliphatic rings. The maximum Gasteiger partial charge on any atom is 0.223 e. The molecular weight excluding hydrogens is 487 g/mol. The van der Waals surface area contributed by atoms with E-state index in [0.717, 1.165) is 56.2 Å². The zero-order valence-corrected chi connectivity index (χ0v) is 27.4. The molecule has 224 valence electrons. The number of carbonyl (C=O) groups excluding carboxylic acids is 1. The van der Waals surface area contributed by atoms with Gasteiger partial charge in [-0.25, -0.2) is 0 Å². The number of hydrogen-bond donors (Lipinski definition) is 1. The third-order valence-electron chi connectivity index (χ3n) is 10.7. The van der Waals surface area contributed by atoms with Crippen molar-refractivity contribution in [3.63, 3.8) is 0 Å². The Morgan fingerprint density at radius 3 is 2.50 bits per heavy atom. The molecule has 4 rings (SSSR count). The molecule has 1 saturated heterocycles. The van der Waals surface area contributed by atoms with Gasteiger partial charge >= 0.3 is 0 Å². The van der Waals surface area contributed by atoms with Crippen molar-refractivity contribution in [2.75, 3.05) is 6.54 Å². The highest BCUT2D eigenvalue weighted by Gasteiger charge is 2.59. The first-order valence-electron chi connectivity index (χ1n) is 16.4. The zero-order valence-electron chi connectivity index (χ0n) is 27.4. The number of rotatable bonds is 13. The first-order valence-corrected chi connectivity index (χ1v) is 16.4. The number of amides is 1. The van der Waals surface area contributed by atoms with Crippen LogP contribution in [0, 0.1) is 28.1 Å². The summed E-state index contributed by atoms with van der Waals surface area (Å²) in [6.07, 6.45) is 25.4. The lowest BCUT2D eigenvalue weighted by atomic mass is 9.32. The fourth-order valence-corrected chi connectivity index (χ4v) is 8.32. The van der Waals surface area contributed by atoms with E-state index in [1.165, 1.54) is 32.0 Å². The molecule has 0 aromatic rings. The second-order valence-corrected chi connectivity index (χ2v) is 15.6. The Bertz CT molecular complexity index is 939. The van der Waals surface area contributed by atoms with Gasteiger partial charge in [-0.1, -0.05) is 97.7 Å². The van der Waals surface area contributed by atoms with E-state index in [1.54, 1.807) is 0 Å². The Morgan fingerprint density at radius 1 is 1.12 bits per heavy atom. The van der Waals surface area contributed by atoms with Crippen LogP contribution in [0.3, 0.4) is 0 Å². The molecule has 1 amide bonds. The van der Waals surface area contributed by atoms with E-state index in [-0.39, 0.29) is 5.41 Å². The highest BCUT2D eigenvalue weighted by molar-refractivity contribution is 6.59. The average Bonchev–Trinajstić information content (AvgIpc) is 2.87. The van der Waals surface area contributed by atoms with Gasteiger partial charge in [-0.3, -0.25) is 4.79 Å². The van der Waals surface area contributed by atoms with E-state index in [1.807, 2.05) is 6.92 Å². The Labute approximate surface area is 248 Å². The molecule has 4 unspecified atom stereocenters. The van der Waals surface area contributed by atoms with E-state index in [2.05, 4.69) is 102 Å². The fourth-order valence-electron chi connectivity index (χ4n) is 8.32. The molecule has 3 saturated carbocycles. The first-order chi connectivity index (χ1) is 18.8. The highest BCUT2D eigenvalue weighted by atomic mass is 16.2. The van der Waals surface area contributed by atoms with Crippen molar-refractivity contribution in [3.8, 4) is 0 Å². The quantitative estimate of drug-likeness (QED) is 0.184. The van der Waals surface area contributed by atoms with Gasteiger partial charge in [0.05, 0.1) is 0 Å². The van der Waals surface area contributed by atoms with Gasteiger partial charge in [0.1, 0.15) is 0 Å². The number of nitrogens with one attached hydrogen (secondary N) is 1. The van der Waals surface area contributed by atoms with Gasteiger partial charge in [0.25, 0.3) is 0 Å². The van der Waals surface area contributed by atoms with Crippen LogP contribution in [0.4, 0.5) is 0 Å². The number of carbonyl (C=O) groups is 1. The maximum atomic E-state index is 13.1. The highest BCUT2D eigenvalue weighted by Crippen LogP contribution is 2.67. The molecule has 3 nitrogen and oxygen atoms in total. The van der Waals surface area contributed by atoms with Crippen LogP contribution in [0.2, 0.25) is 13.1 Å². The van der Waals surface area contributed by atoms with Gasteiger partial charge in [0.2, 0.25) is 5.91 Å². The van der Waals surface area contributed by atoms with Crippen molar-refractivity contribution < 1.29 is 4.79 Å². The van der Waals surface area contributed by atoms with Crippen LogP contribution in [0.25, 0.3) is 0 Å². The lowest BCUT2D eigenvalue weighted by Crippen LogP contribution is -2.58. The van der Waals surface area contributed by atoms with Crippen LogP contribution in [0.15, 0.2) is 48.7 Å². The van der Waals surface area contributed by atoms with E-state index < -0.39 is 0 Å². The normalized spacial score (nSPS) is 29.1. The molecule has 0 spiro atoms. The topological polar surface area (TPSA) is 32.3 Å². The summed E-state index contributed by atoms with van der Waals surface area (Å²) in [4.78, 5) is 15.3. The Kier molecular flexibility index (Phi) is 11.5. The summed E-state index contributed by atoms with van der Waals surface area (Å²) in [7, 11) is 0. The van der Waals surface area contributed by atoms with Gasteiger partial charge in [-0.2, -0.15) is 0 Å². The maximum absolute atomic E-state index is 13.1. The number of allylic oxidation sites excluding steroid dienone is 6. The molecule has 0 aromatic heterocycles. The van der Waals surface area contributed by atoms with Crippen molar-refractivity contribution in [1.82, 2.24) is 10.2 Å². The van der Waals surface area contributed by atoms with Crippen molar-refractivity contribution in [3.05, 3.63) is 48.7 Å². The molecule has 0 aromatic carbocycles. The second-order valence-electron chi connectivity index (χ2n) is 15.6. The number of nitrogens with zero attached hydrogens (tertiary/aromatic N) is 1. The minimum absolute atomic E-state index is 0.0354. The third-order valence-corrected chi connectivity index (χ3v) is 10.7. The van der Waals surface area contributed by atoms with Crippen LogP contribution >= 0.6 is 0 Å². The molecule has 5 atom stereocenters. The van der Waals surface area contributed by atoms with Crippen molar-refractivity contribution in [2.24, 2.45) is 28.1 Å².